The van der Waals surface area contributed by atoms with Gasteiger partial charge >= 0.3 is 0 Å². The average molecular weight is 391 g/mol. The summed E-state index contributed by atoms with van der Waals surface area (Å²) >= 11 is 1.35. The Kier molecular flexibility index (Phi) is 7.38. The molecular formula is C19H26N4O3S. The SMILES string of the molecule is CCOc1ccc(OCCNC(=O)CSc2n[nH]c(C3CCCC3)n2)cc1. The molecule has 8 heteroatoms. The molecule has 1 aromatic carbocycles. The van der Waals surface area contributed by atoms with Gasteiger partial charge in [0.25, 0.3) is 0 Å². The second kappa shape index (κ2) is 10.2. The highest BCUT2D eigenvalue weighted by molar-refractivity contribution is 7.99. The number of amides is 1. The maximum Gasteiger partial charge on any atom is 0.230 e. The molecule has 7 nitrogen and oxygen atoms in total. The van der Waals surface area contributed by atoms with Crippen molar-refractivity contribution in [1.82, 2.24) is 20.5 Å². The maximum absolute atomic E-state index is 11.9. The minimum Gasteiger partial charge on any atom is -0.494 e. The van der Waals surface area contributed by atoms with Gasteiger partial charge in [-0.2, -0.15) is 0 Å². The highest BCUT2D eigenvalue weighted by Gasteiger charge is 2.20. The molecule has 0 saturated heterocycles. The van der Waals surface area contributed by atoms with E-state index in [-0.39, 0.29) is 5.91 Å². The van der Waals surface area contributed by atoms with Gasteiger partial charge in [-0.05, 0) is 44.0 Å². The van der Waals surface area contributed by atoms with E-state index in [1.807, 2.05) is 31.2 Å². The van der Waals surface area contributed by atoms with Crippen molar-refractivity contribution in [3.8, 4) is 11.5 Å². The third-order valence-electron chi connectivity index (χ3n) is 4.38. The van der Waals surface area contributed by atoms with Crippen LogP contribution in [0, 0.1) is 0 Å². The van der Waals surface area contributed by atoms with Gasteiger partial charge in [0.15, 0.2) is 0 Å². The maximum atomic E-state index is 11.9. The first-order valence-corrected chi connectivity index (χ1v) is 10.4. The quantitative estimate of drug-likeness (QED) is 0.478. The number of hydrogen-bond acceptors (Lipinski definition) is 6. The first-order chi connectivity index (χ1) is 13.2. The number of ether oxygens (including phenoxy) is 2. The predicted octanol–water partition coefficient (Wildman–Crippen LogP) is 3.15. The fraction of sp³-hybridized carbons (Fsp3) is 0.526. The molecule has 2 N–H and O–H groups in total. The number of carbonyl (C=O) groups excluding carboxylic acids is 1. The van der Waals surface area contributed by atoms with Crippen LogP contribution in [0.1, 0.15) is 44.3 Å². The number of carbonyl (C=O) groups is 1. The van der Waals surface area contributed by atoms with Gasteiger partial charge in [-0.3, -0.25) is 9.89 Å². The molecular weight excluding hydrogens is 364 g/mol. The number of nitrogens with one attached hydrogen (secondary N) is 2. The Balaban J connectivity index is 1.30. The Hall–Kier alpha value is -2.22. The van der Waals surface area contributed by atoms with E-state index in [4.69, 9.17) is 9.47 Å². The van der Waals surface area contributed by atoms with Crippen LogP contribution in [-0.2, 0) is 4.79 Å². The van der Waals surface area contributed by atoms with Gasteiger partial charge in [0, 0.05) is 5.92 Å². The Labute approximate surface area is 163 Å². The summed E-state index contributed by atoms with van der Waals surface area (Å²) in [7, 11) is 0. The molecule has 1 aliphatic rings. The monoisotopic (exact) mass is 390 g/mol. The second-order valence-corrected chi connectivity index (χ2v) is 7.32. The number of hydrogen-bond donors (Lipinski definition) is 2. The van der Waals surface area contributed by atoms with Gasteiger partial charge in [-0.15, -0.1) is 5.10 Å². The second-order valence-electron chi connectivity index (χ2n) is 6.38. The zero-order chi connectivity index (χ0) is 18.9. The van der Waals surface area contributed by atoms with Crippen LogP contribution in [0.4, 0.5) is 0 Å². The van der Waals surface area contributed by atoms with Crippen LogP contribution in [0.5, 0.6) is 11.5 Å². The Morgan fingerprint density at radius 2 is 1.93 bits per heavy atom. The summed E-state index contributed by atoms with van der Waals surface area (Å²) in [6, 6.07) is 7.44. The zero-order valence-corrected chi connectivity index (χ0v) is 16.4. The third kappa shape index (κ3) is 6.16. The van der Waals surface area contributed by atoms with Crippen LogP contribution in [0.2, 0.25) is 0 Å². The number of benzene rings is 1. The normalized spacial score (nSPS) is 14.3. The van der Waals surface area contributed by atoms with E-state index >= 15 is 0 Å². The van der Waals surface area contributed by atoms with Crippen molar-refractivity contribution in [1.29, 1.82) is 0 Å². The highest BCUT2D eigenvalue weighted by atomic mass is 32.2. The standard InChI is InChI=1S/C19H26N4O3S/c1-2-25-15-7-9-16(10-8-15)26-12-11-20-17(24)13-27-19-21-18(22-23-19)14-5-3-4-6-14/h7-10,14H,2-6,11-13H2,1H3,(H,20,24)(H,21,22,23). The number of aromatic amines is 1. The molecule has 0 bridgehead atoms. The van der Waals surface area contributed by atoms with Crippen molar-refractivity contribution < 1.29 is 14.3 Å². The largest absolute Gasteiger partial charge is 0.494 e. The first kappa shape index (κ1) is 19.5. The molecule has 2 aromatic rings. The minimum atomic E-state index is -0.0532. The summed E-state index contributed by atoms with van der Waals surface area (Å²) < 4.78 is 11.0. The van der Waals surface area contributed by atoms with Gasteiger partial charge in [0.05, 0.1) is 18.9 Å². The molecule has 1 amide bonds. The molecule has 1 heterocycles. The summed E-state index contributed by atoms with van der Waals surface area (Å²) in [6.45, 7) is 3.45. The average Bonchev–Trinajstić information content (AvgIpc) is 3.36. The van der Waals surface area contributed by atoms with Crippen LogP contribution in [-0.4, -0.2) is 46.6 Å². The molecule has 0 unspecified atom stereocenters. The number of nitrogens with zero attached hydrogens (tertiary/aromatic N) is 2. The topological polar surface area (TPSA) is 89.1 Å². The summed E-state index contributed by atoms with van der Waals surface area (Å²) in [5.41, 5.74) is 0. The molecule has 1 aliphatic carbocycles. The van der Waals surface area contributed by atoms with Crippen molar-refractivity contribution >= 4 is 17.7 Å². The molecule has 27 heavy (non-hydrogen) atoms. The van der Waals surface area contributed by atoms with Crippen LogP contribution in [0.25, 0.3) is 0 Å². The number of H-pyrrole nitrogens is 1. The zero-order valence-electron chi connectivity index (χ0n) is 15.6. The fourth-order valence-corrected chi connectivity index (χ4v) is 3.68. The molecule has 1 fully saturated rings. The summed E-state index contributed by atoms with van der Waals surface area (Å²) in [6.07, 6.45) is 4.87. The van der Waals surface area contributed by atoms with Gasteiger partial charge < -0.3 is 14.8 Å². The molecule has 0 radical (unpaired) electrons. The van der Waals surface area contributed by atoms with E-state index in [1.54, 1.807) is 0 Å². The van der Waals surface area contributed by atoms with Gasteiger partial charge in [-0.1, -0.05) is 24.6 Å². The Bertz CT molecular complexity index is 714. The van der Waals surface area contributed by atoms with E-state index in [1.165, 1.54) is 37.4 Å². The van der Waals surface area contributed by atoms with E-state index in [9.17, 15) is 4.79 Å². The molecule has 1 aromatic heterocycles. The van der Waals surface area contributed by atoms with Gasteiger partial charge in [-0.25, -0.2) is 4.98 Å². The molecule has 0 spiro atoms. The predicted molar refractivity (Wildman–Crippen MR) is 104 cm³/mol. The van der Waals surface area contributed by atoms with Gasteiger partial charge in [0.2, 0.25) is 11.1 Å². The van der Waals surface area contributed by atoms with Crippen molar-refractivity contribution in [2.24, 2.45) is 0 Å². The van der Waals surface area contributed by atoms with Crippen molar-refractivity contribution in [3.05, 3.63) is 30.1 Å². The highest BCUT2D eigenvalue weighted by Crippen LogP contribution is 2.32. The first-order valence-electron chi connectivity index (χ1n) is 9.42. The molecule has 0 aliphatic heterocycles. The summed E-state index contributed by atoms with van der Waals surface area (Å²) in [4.78, 5) is 16.4. The number of aromatic nitrogens is 3. The van der Waals surface area contributed by atoms with E-state index in [2.05, 4.69) is 20.5 Å². The summed E-state index contributed by atoms with van der Waals surface area (Å²) in [5.74, 6) is 3.27. The van der Waals surface area contributed by atoms with Gasteiger partial charge in [0.1, 0.15) is 23.9 Å². The number of thioether (sulfide) groups is 1. The van der Waals surface area contributed by atoms with Crippen LogP contribution in [0.3, 0.4) is 0 Å². The van der Waals surface area contributed by atoms with Crippen molar-refractivity contribution in [3.63, 3.8) is 0 Å². The molecule has 3 rings (SSSR count). The van der Waals surface area contributed by atoms with E-state index < -0.39 is 0 Å². The Morgan fingerprint density at radius 3 is 2.63 bits per heavy atom. The van der Waals surface area contributed by atoms with Crippen LogP contribution >= 0.6 is 11.8 Å². The fourth-order valence-electron chi connectivity index (χ4n) is 3.04. The Morgan fingerprint density at radius 1 is 1.22 bits per heavy atom. The third-order valence-corrected chi connectivity index (χ3v) is 5.23. The van der Waals surface area contributed by atoms with Crippen LogP contribution in [0.15, 0.2) is 29.4 Å². The van der Waals surface area contributed by atoms with Crippen LogP contribution < -0.4 is 14.8 Å². The lowest BCUT2D eigenvalue weighted by molar-refractivity contribution is -0.118. The lowest BCUT2D eigenvalue weighted by atomic mass is 10.1. The smallest absolute Gasteiger partial charge is 0.230 e. The lowest BCUT2D eigenvalue weighted by Gasteiger charge is -2.08. The lowest BCUT2D eigenvalue weighted by Crippen LogP contribution is -2.29. The minimum absolute atomic E-state index is 0.0532. The van der Waals surface area contributed by atoms with Crippen molar-refractivity contribution in [2.45, 2.75) is 43.7 Å². The molecule has 0 atom stereocenters. The van der Waals surface area contributed by atoms with Crippen molar-refractivity contribution in [2.75, 3.05) is 25.5 Å². The number of rotatable bonds is 10. The molecule has 146 valence electrons. The molecule has 1 saturated carbocycles. The van der Waals surface area contributed by atoms with E-state index in [0.717, 1.165) is 17.3 Å². The van der Waals surface area contributed by atoms with E-state index in [0.29, 0.717) is 36.6 Å². The summed E-state index contributed by atoms with van der Waals surface area (Å²) in [5, 5.41) is 10.7.